The van der Waals surface area contributed by atoms with E-state index in [2.05, 4.69) is 11.7 Å². The summed E-state index contributed by atoms with van der Waals surface area (Å²) in [5.41, 5.74) is 0.678. The Labute approximate surface area is 182 Å². The minimum atomic E-state index is -5.11. The first-order chi connectivity index (χ1) is 14.8. The summed E-state index contributed by atoms with van der Waals surface area (Å²) < 4.78 is 69.4. The summed E-state index contributed by atoms with van der Waals surface area (Å²) in [6, 6.07) is 1.04. The van der Waals surface area contributed by atoms with Crippen LogP contribution in [0.1, 0.15) is 95.1 Å². The summed E-state index contributed by atoms with van der Waals surface area (Å²) in [4.78, 5) is 0. The molecule has 0 aliphatic heterocycles. The normalized spacial score (nSPS) is 24.1. The summed E-state index contributed by atoms with van der Waals surface area (Å²) >= 11 is 0. The molecule has 1 saturated carbocycles. The lowest BCUT2D eigenvalue weighted by Gasteiger charge is -2.31. The molecule has 6 heteroatoms. The molecule has 1 nitrogen and oxygen atoms in total. The molecule has 2 aliphatic carbocycles. The molecule has 0 radical (unpaired) electrons. The van der Waals surface area contributed by atoms with Crippen LogP contribution in [-0.4, -0.2) is 6.36 Å². The number of rotatable bonds is 9. The summed E-state index contributed by atoms with van der Waals surface area (Å²) in [5.74, 6) is -1.82. The van der Waals surface area contributed by atoms with E-state index in [1.54, 1.807) is 0 Å². The monoisotopic (exact) mass is 446 g/mol. The van der Waals surface area contributed by atoms with Crippen molar-refractivity contribution >= 4 is 0 Å². The first kappa shape index (κ1) is 24.3. The zero-order chi connectivity index (χ0) is 22.4. The van der Waals surface area contributed by atoms with Gasteiger partial charge in [-0.1, -0.05) is 71.1 Å². The van der Waals surface area contributed by atoms with E-state index in [1.807, 2.05) is 0 Å². The van der Waals surface area contributed by atoms with Gasteiger partial charge in [0.2, 0.25) is 5.75 Å². The Morgan fingerprint density at radius 3 is 2.16 bits per heavy atom. The maximum atomic E-state index is 14.5. The van der Waals surface area contributed by atoms with Gasteiger partial charge in [0, 0.05) is 0 Å². The average Bonchev–Trinajstić information content (AvgIpc) is 2.73. The smallest absolute Gasteiger partial charge is 0.399 e. The van der Waals surface area contributed by atoms with Gasteiger partial charge in [-0.25, -0.2) is 8.78 Å². The van der Waals surface area contributed by atoms with Crippen LogP contribution >= 0.6 is 0 Å². The molecule has 31 heavy (non-hydrogen) atoms. The number of unbranched alkanes of at least 4 members (excludes halogenated alkanes) is 3. The van der Waals surface area contributed by atoms with Gasteiger partial charge in [0.1, 0.15) is 0 Å². The Morgan fingerprint density at radius 2 is 1.52 bits per heavy atom. The number of hydrogen-bond acceptors (Lipinski definition) is 1. The fraction of sp³-hybridized carbons (Fsp3) is 0.760. The standard InChI is InChI=1S/C25H35F5O/c1-2-3-4-5-6-17-7-9-18(10-8-17)11-12-19-13-14-21-20(15-19)16-22(26)24(23(21)27)31-25(28,29)30/h16-19H,2-15H2,1H3. The third-order valence-electron chi connectivity index (χ3n) is 7.31. The molecule has 1 atom stereocenters. The summed E-state index contributed by atoms with van der Waals surface area (Å²) in [5, 5.41) is 0. The minimum absolute atomic E-state index is 0.181. The van der Waals surface area contributed by atoms with E-state index in [0.717, 1.165) is 37.2 Å². The van der Waals surface area contributed by atoms with E-state index in [1.165, 1.54) is 57.8 Å². The molecule has 1 aromatic rings. The van der Waals surface area contributed by atoms with Crippen molar-refractivity contribution in [3.05, 3.63) is 28.8 Å². The van der Waals surface area contributed by atoms with Crippen LogP contribution in [0.4, 0.5) is 22.0 Å². The van der Waals surface area contributed by atoms with E-state index in [9.17, 15) is 22.0 Å². The maximum absolute atomic E-state index is 14.5. The fourth-order valence-electron chi connectivity index (χ4n) is 5.50. The van der Waals surface area contributed by atoms with Gasteiger partial charge in [-0.2, -0.15) is 0 Å². The van der Waals surface area contributed by atoms with Crippen LogP contribution in [0.25, 0.3) is 0 Å². The molecular formula is C25H35F5O. The number of alkyl halides is 3. The lowest BCUT2D eigenvalue weighted by molar-refractivity contribution is -0.276. The van der Waals surface area contributed by atoms with E-state index >= 15 is 0 Å². The molecule has 0 aromatic heterocycles. The van der Waals surface area contributed by atoms with Crippen LogP contribution in [-0.2, 0) is 12.8 Å². The summed E-state index contributed by atoms with van der Waals surface area (Å²) in [7, 11) is 0. The maximum Gasteiger partial charge on any atom is 0.573 e. The Bertz CT molecular complexity index is 707. The Kier molecular flexibility index (Phi) is 8.63. The molecule has 0 spiro atoms. The molecule has 1 aromatic carbocycles. The highest BCUT2D eigenvalue weighted by Gasteiger charge is 2.36. The van der Waals surface area contributed by atoms with Crippen molar-refractivity contribution in [2.45, 2.75) is 103 Å². The zero-order valence-electron chi connectivity index (χ0n) is 18.5. The van der Waals surface area contributed by atoms with Crippen LogP contribution in [0.5, 0.6) is 5.75 Å². The average molecular weight is 447 g/mol. The number of ether oxygens (including phenoxy) is 1. The van der Waals surface area contributed by atoms with Gasteiger partial charge in [-0.05, 0) is 60.6 Å². The first-order valence-corrected chi connectivity index (χ1v) is 12.0. The Morgan fingerprint density at radius 1 is 0.871 bits per heavy atom. The minimum Gasteiger partial charge on any atom is -0.399 e. The molecule has 0 saturated heterocycles. The number of fused-ring (bicyclic) bond motifs is 1. The van der Waals surface area contributed by atoms with Crippen LogP contribution in [0.15, 0.2) is 6.07 Å². The molecule has 0 heterocycles. The van der Waals surface area contributed by atoms with Crippen LogP contribution < -0.4 is 4.74 Å². The van der Waals surface area contributed by atoms with Crippen molar-refractivity contribution in [2.24, 2.45) is 17.8 Å². The van der Waals surface area contributed by atoms with Gasteiger partial charge in [0.05, 0.1) is 0 Å². The van der Waals surface area contributed by atoms with E-state index in [-0.39, 0.29) is 5.56 Å². The zero-order valence-corrected chi connectivity index (χ0v) is 18.5. The second-order valence-corrected chi connectivity index (χ2v) is 9.61. The van der Waals surface area contributed by atoms with Gasteiger partial charge >= 0.3 is 6.36 Å². The third-order valence-corrected chi connectivity index (χ3v) is 7.31. The Hall–Kier alpha value is -1.33. The molecule has 2 aliphatic rings. The molecule has 0 N–H and O–H groups in total. The van der Waals surface area contributed by atoms with Gasteiger partial charge in [-0.15, -0.1) is 13.2 Å². The van der Waals surface area contributed by atoms with Gasteiger partial charge < -0.3 is 4.74 Å². The third kappa shape index (κ3) is 7.08. The fourth-order valence-corrected chi connectivity index (χ4v) is 5.50. The highest BCUT2D eigenvalue weighted by Crippen LogP contribution is 2.39. The topological polar surface area (TPSA) is 9.23 Å². The first-order valence-electron chi connectivity index (χ1n) is 12.0. The van der Waals surface area contributed by atoms with Crippen molar-refractivity contribution in [2.75, 3.05) is 0 Å². The van der Waals surface area contributed by atoms with Crippen LogP contribution in [0.2, 0.25) is 0 Å². The number of hydrogen-bond donors (Lipinski definition) is 0. The van der Waals surface area contributed by atoms with Crippen molar-refractivity contribution in [3.8, 4) is 5.75 Å². The summed E-state index contributed by atoms with van der Waals surface area (Å²) in [6.07, 6.45) is 10.5. The molecule has 0 amide bonds. The molecule has 176 valence electrons. The van der Waals surface area contributed by atoms with Crippen LogP contribution in [0.3, 0.4) is 0 Å². The van der Waals surface area contributed by atoms with Crippen molar-refractivity contribution in [1.29, 1.82) is 0 Å². The molecule has 0 bridgehead atoms. The van der Waals surface area contributed by atoms with Gasteiger partial charge in [0.15, 0.2) is 11.6 Å². The lowest BCUT2D eigenvalue weighted by atomic mass is 9.75. The summed E-state index contributed by atoms with van der Waals surface area (Å²) in [6.45, 7) is 2.24. The van der Waals surface area contributed by atoms with E-state index in [4.69, 9.17) is 0 Å². The lowest BCUT2D eigenvalue weighted by Crippen LogP contribution is -2.22. The predicted octanol–water partition coefficient (Wildman–Crippen LogP) is 8.53. The SMILES string of the molecule is CCCCCCC1CCC(CCC2CCc3c(cc(F)c(OC(F)(F)F)c3F)C2)CC1. The molecule has 1 unspecified atom stereocenters. The number of benzene rings is 1. The second kappa shape index (κ2) is 11.0. The molecule has 3 rings (SSSR count). The number of halogens is 5. The van der Waals surface area contributed by atoms with E-state index < -0.39 is 23.7 Å². The molecule has 1 fully saturated rings. The van der Waals surface area contributed by atoms with Crippen molar-refractivity contribution < 1.29 is 26.7 Å². The van der Waals surface area contributed by atoms with E-state index in [0.29, 0.717) is 24.3 Å². The molecular weight excluding hydrogens is 411 g/mol. The van der Waals surface area contributed by atoms with Gasteiger partial charge in [0.25, 0.3) is 0 Å². The second-order valence-electron chi connectivity index (χ2n) is 9.61. The Balaban J connectivity index is 1.46. The van der Waals surface area contributed by atoms with Crippen LogP contribution in [0, 0.1) is 29.4 Å². The largest absolute Gasteiger partial charge is 0.573 e. The quantitative estimate of drug-likeness (QED) is 0.273. The highest BCUT2D eigenvalue weighted by atomic mass is 19.4. The van der Waals surface area contributed by atoms with Gasteiger partial charge in [-0.3, -0.25) is 0 Å². The highest BCUT2D eigenvalue weighted by molar-refractivity contribution is 5.40. The van der Waals surface area contributed by atoms with Crippen molar-refractivity contribution in [3.63, 3.8) is 0 Å². The van der Waals surface area contributed by atoms with Crippen molar-refractivity contribution in [1.82, 2.24) is 0 Å². The predicted molar refractivity (Wildman–Crippen MR) is 112 cm³/mol.